The van der Waals surface area contributed by atoms with E-state index >= 15 is 0 Å². The molecule has 12 nitrogen and oxygen atoms in total. The second-order valence-electron chi connectivity index (χ2n) is 5.85. The van der Waals surface area contributed by atoms with Gasteiger partial charge in [-0.25, -0.2) is 0 Å². The summed E-state index contributed by atoms with van der Waals surface area (Å²) in [6.07, 6.45) is 0. The Labute approximate surface area is 197 Å². The summed E-state index contributed by atoms with van der Waals surface area (Å²) in [5.74, 6) is -2.00. The lowest BCUT2D eigenvalue weighted by atomic mass is 10.3. The molecule has 34 heavy (non-hydrogen) atoms. The van der Waals surface area contributed by atoms with Crippen molar-refractivity contribution in [3.63, 3.8) is 0 Å². The Morgan fingerprint density at radius 2 is 0.794 bits per heavy atom. The van der Waals surface area contributed by atoms with Gasteiger partial charge in [0.15, 0.2) is 0 Å². The minimum atomic E-state index is -0.833. The Morgan fingerprint density at radius 3 is 1.00 bits per heavy atom. The van der Waals surface area contributed by atoms with Gasteiger partial charge in [-0.15, -0.1) is 0 Å². The van der Waals surface area contributed by atoms with Gasteiger partial charge >= 0.3 is 0 Å². The molecule has 0 unspecified atom stereocenters. The molecule has 190 valence electrons. The summed E-state index contributed by atoms with van der Waals surface area (Å²) in [5.41, 5.74) is 12.7. The third kappa shape index (κ3) is 32.2. The second-order valence-corrected chi connectivity index (χ2v) is 5.85. The number of ether oxygens (including phenoxy) is 2. The van der Waals surface area contributed by atoms with E-state index in [2.05, 4.69) is 0 Å². The molecule has 2 aromatic rings. The van der Waals surface area contributed by atoms with E-state index in [1.165, 1.54) is 0 Å². The highest BCUT2D eigenvalue weighted by Crippen LogP contribution is 2.21. The van der Waals surface area contributed by atoms with Crippen LogP contribution in [-0.2, 0) is 19.2 Å². The first-order valence-electron chi connectivity index (χ1n) is 9.43. The van der Waals surface area contributed by atoms with Crippen LogP contribution in [0.3, 0.4) is 0 Å². The summed E-state index contributed by atoms with van der Waals surface area (Å²) in [4.78, 5) is 36.0. The molecule has 0 aliphatic carbocycles. The molecule has 0 aromatic heterocycles. The van der Waals surface area contributed by atoms with Crippen LogP contribution < -0.4 is 20.9 Å². The number of para-hydroxylation sites is 4. The van der Waals surface area contributed by atoms with Crippen molar-refractivity contribution in [3.05, 3.63) is 48.5 Å². The number of hydrogen-bond donors (Lipinski definition) is 6. The molecule has 12 heteroatoms. The van der Waals surface area contributed by atoms with E-state index < -0.39 is 23.9 Å². The number of carbonyl (C=O) groups is 4. The smallest absolute Gasteiger partial charge is 0.300 e. The number of rotatable bonds is 5. The maximum atomic E-state index is 9.00. The van der Waals surface area contributed by atoms with Crippen molar-refractivity contribution in [2.75, 3.05) is 24.7 Å². The summed E-state index contributed by atoms with van der Waals surface area (Å²) in [5, 5.41) is 29.7. The van der Waals surface area contributed by atoms with Crippen LogP contribution in [0.4, 0.5) is 11.4 Å². The zero-order valence-corrected chi connectivity index (χ0v) is 19.4. The SMILES string of the molecule is CC(=O)O.CC(=O)O.CC(=O)O.CC(=O)O.Nc1ccccc1OCCOc1ccccc1N. The van der Waals surface area contributed by atoms with E-state index in [0.717, 1.165) is 27.7 Å². The molecule has 0 amide bonds. The molecule has 2 aromatic carbocycles. The zero-order chi connectivity index (χ0) is 27.1. The van der Waals surface area contributed by atoms with Crippen LogP contribution in [-0.4, -0.2) is 57.5 Å². The number of nitrogens with two attached hydrogens (primary N) is 2. The number of benzene rings is 2. The highest BCUT2D eigenvalue weighted by molar-refractivity contribution is 5.63. The molecule has 0 spiro atoms. The minimum Gasteiger partial charge on any atom is -0.488 e. The highest BCUT2D eigenvalue weighted by Gasteiger charge is 2.00. The average molecular weight is 485 g/mol. The van der Waals surface area contributed by atoms with Crippen molar-refractivity contribution >= 4 is 35.3 Å². The number of hydrogen-bond acceptors (Lipinski definition) is 8. The van der Waals surface area contributed by atoms with Crippen LogP contribution in [0.2, 0.25) is 0 Å². The fourth-order valence-corrected chi connectivity index (χ4v) is 1.53. The average Bonchev–Trinajstić information content (AvgIpc) is 2.66. The van der Waals surface area contributed by atoms with Gasteiger partial charge in [-0.2, -0.15) is 0 Å². The number of nitrogen functional groups attached to an aromatic ring is 2. The maximum Gasteiger partial charge on any atom is 0.300 e. The molecule has 0 bridgehead atoms. The molecule has 8 N–H and O–H groups in total. The van der Waals surface area contributed by atoms with Gasteiger partial charge in [0.2, 0.25) is 0 Å². The van der Waals surface area contributed by atoms with E-state index in [9.17, 15) is 0 Å². The van der Waals surface area contributed by atoms with Gasteiger partial charge in [-0.1, -0.05) is 24.3 Å². The van der Waals surface area contributed by atoms with Gasteiger partial charge in [-0.3, -0.25) is 19.2 Å². The fourth-order valence-electron chi connectivity index (χ4n) is 1.53. The van der Waals surface area contributed by atoms with Crippen molar-refractivity contribution in [1.82, 2.24) is 0 Å². The van der Waals surface area contributed by atoms with Gasteiger partial charge in [-0.05, 0) is 24.3 Å². The van der Waals surface area contributed by atoms with Crippen molar-refractivity contribution < 1.29 is 49.1 Å². The van der Waals surface area contributed by atoms with Crippen LogP contribution in [0.15, 0.2) is 48.5 Å². The molecule has 2 rings (SSSR count). The standard InChI is InChI=1S/C14H16N2O2.4C2H4O2/c15-11-5-1-3-7-13(11)17-9-10-18-14-8-4-2-6-12(14)16;4*1-2(3)4/h1-8H,9-10,15-16H2;4*1H3,(H,3,4). The van der Waals surface area contributed by atoms with E-state index in [-0.39, 0.29) is 0 Å². The number of aliphatic carboxylic acids is 4. The normalized spacial score (nSPS) is 8.24. The van der Waals surface area contributed by atoms with Gasteiger partial charge in [0.05, 0.1) is 11.4 Å². The molecule has 0 aliphatic heterocycles. The topological polar surface area (TPSA) is 220 Å². The summed E-state index contributed by atoms with van der Waals surface area (Å²) < 4.78 is 11.0. The van der Waals surface area contributed by atoms with E-state index in [1.807, 2.05) is 36.4 Å². The van der Waals surface area contributed by atoms with E-state index in [0.29, 0.717) is 36.1 Å². The quantitative estimate of drug-likeness (QED) is 0.266. The molecule has 0 atom stereocenters. The maximum absolute atomic E-state index is 9.00. The lowest BCUT2D eigenvalue weighted by molar-refractivity contribution is -0.135. The highest BCUT2D eigenvalue weighted by atomic mass is 16.5. The monoisotopic (exact) mass is 484 g/mol. The van der Waals surface area contributed by atoms with Crippen LogP contribution in [0.25, 0.3) is 0 Å². The molecule has 0 heterocycles. The van der Waals surface area contributed by atoms with Crippen molar-refractivity contribution in [1.29, 1.82) is 0 Å². The van der Waals surface area contributed by atoms with Crippen LogP contribution in [0, 0.1) is 0 Å². The molecular formula is C22H32N2O10. The molecule has 0 saturated carbocycles. The Balaban J connectivity index is -0.000000492. The van der Waals surface area contributed by atoms with Gasteiger partial charge in [0, 0.05) is 27.7 Å². The largest absolute Gasteiger partial charge is 0.488 e. The first kappa shape index (κ1) is 34.1. The Morgan fingerprint density at radius 1 is 0.588 bits per heavy atom. The predicted molar refractivity (Wildman–Crippen MR) is 126 cm³/mol. The summed E-state index contributed by atoms with van der Waals surface area (Å²) in [7, 11) is 0. The second kappa shape index (κ2) is 21.7. The van der Waals surface area contributed by atoms with Gasteiger partial charge in [0.25, 0.3) is 23.9 Å². The van der Waals surface area contributed by atoms with Gasteiger partial charge < -0.3 is 41.4 Å². The Bertz CT molecular complexity index is 761. The van der Waals surface area contributed by atoms with Crippen LogP contribution in [0.5, 0.6) is 11.5 Å². The summed E-state index contributed by atoms with van der Waals surface area (Å²) in [6.45, 7) is 5.17. The summed E-state index contributed by atoms with van der Waals surface area (Å²) in [6, 6.07) is 14.7. The van der Waals surface area contributed by atoms with E-state index in [4.69, 9.17) is 60.5 Å². The molecule has 0 fully saturated rings. The fraction of sp³-hybridized carbons (Fsp3) is 0.273. The third-order valence-electron chi connectivity index (χ3n) is 2.44. The Hall–Kier alpha value is -4.48. The number of anilines is 2. The minimum absolute atomic E-state index is 0.419. The third-order valence-corrected chi connectivity index (χ3v) is 2.44. The van der Waals surface area contributed by atoms with Crippen molar-refractivity contribution in [2.24, 2.45) is 0 Å². The van der Waals surface area contributed by atoms with Gasteiger partial charge in [0.1, 0.15) is 24.7 Å². The molecular weight excluding hydrogens is 452 g/mol. The van der Waals surface area contributed by atoms with E-state index in [1.54, 1.807) is 12.1 Å². The molecule has 0 radical (unpaired) electrons. The molecule has 0 aliphatic rings. The van der Waals surface area contributed by atoms with Crippen molar-refractivity contribution in [2.45, 2.75) is 27.7 Å². The zero-order valence-electron chi connectivity index (χ0n) is 19.4. The first-order chi connectivity index (χ1) is 15.7. The number of carboxylic acid groups (broad SMARTS) is 4. The summed E-state index contributed by atoms with van der Waals surface area (Å²) >= 11 is 0. The van der Waals surface area contributed by atoms with Crippen molar-refractivity contribution in [3.8, 4) is 11.5 Å². The first-order valence-corrected chi connectivity index (χ1v) is 9.43. The predicted octanol–water partition coefficient (Wildman–Crippen LogP) is 2.67. The van der Waals surface area contributed by atoms with Crippen LogP contribution >= 0.6 is 0 Å². The van der Waals surface area contributed by atoms with Crippen LogP contribution in [0.1, 0.15) is 27.7 Å². The molecule has 0 saturated heterocycles. The lowest BCUT2D eigenvalue weighted by Gasteiger charge is -2.10. The lowest BCUT2D eigenvalue weighted by Crippen LogP contribution is -2.10. The number of carboxylic acids is 4. The Kier molecular flexibility index (Phi) is 21.8.